The van der Waals surface area contributed by atoms with E-state index in [2.05, 4.69) is 29.4 Å². The molecule has 28 nitrogen and oxygen atoms in total. The number of carbonyl (C=O) groups is 5. The Morgan fingerprint density at radius 3 is 1.60 bits per heavy atom. The Kier molecular flexibility index (Phi) is 26.4. The van der Waals surface area contributed by atoms with Crippen LogP contribution < -0.4 is 40.8 Å². The van der Waals surface area contributed by atoms with Gasteiger partial charge in [-0.15, -0.1) is 22.7 Å². The van der Waals surface area contributed by atoms with E-state index in [1.54, 1.807) is 105 Å². The van der Waals surface area contributed by atoms with Crippen molar-refractivity contribution >= 4 is 138 Å². The summed E-state index contributed by atoms with van der Waals surface area (Å²) in [5.41, 5.74) is 8.39. The number of alkyl halides is 3. The topological polar surface area (TPSA) is 369 Å². The first-order chi connectivity index (χ1) is 52.4. The van der Waals surface area contributed by atoms with Crippen LogP contribution in [0.2, 0.25) is 0 Å². The molecule has 7 N–H and O–H groups in total. The number of carbonyl (C=O) groups excluding carboxylic acids is 5. The van der Waals surface area contributed by atoms with Crippen molar-refractivity contribution in [3.63, 3.8) is 0 Å². The predicted molar refractivity (Wildman–Crippen MR) is 418 cm³/mol. The van der Waals surface area contributed by atoms with Gasteiger partial charge in [-0.2, -0.15) is 13.2 Å². The third-order valence-electron chi connectivity index (χ3n) is 18.0. The SMILES string of the molecule is CC(Oc1ccc(F)c(C(F)(F)F)c1)C(=O)N1CCN(c2ccc(S(=O)[O-])cc2)CC1.C[C@@H](C(=O)N1CCN(c2ccc(S(=O)(=O)Nc3nccs3)cc2)C(=O)C1)n1ccc2c(F)cccc21.Cc1cn(C(C)C(=O)N2CCN(c3ccc(S(=O)(=O)Nc4nccs4)cc3)C(=O)C2)c2ccccc12.N.Nc1ccncn1.[HH].[HH].[HH].[HH]. The lowest BCUT2D eigenvalue weighted by Gasteiger charge is -2.37. The van der Waals surface area contributed by atoms with Crippen LogP contribution in [-0.4, -0.2) is 170 Å². The summed E-state index contributed by atoms with van der Waals surface area (Å²) < 4.78 is 152. The fourth-order valence-corrected chi connectivity index (χ4v) is 16.2. The van der Waals surface area contributed by atoms with Crippen LogP contribution in [0.5, 0.6) is 5.75 Å². The van der Waals surface area contributed by atoms with E-state index >= 15 is 0 Å². The Balaban J connectivity index is 0.000000252. The first-order valence-electron chi connectivity index (χ1n) is 33.8. The van der Waals surface area contributed by atoms with Gasteiger partial charge in [0.05, 0.1) is 20.9 Å². The molecule has 0 bridgehead atoms. The van der Waals surface area contributed by atoms with Gasteiger partial charge in [-0.1, -0.05) is 24.3 Å². The molecule has 6 aromatic carbocycles. The zero-order valence-corrected chi connectivity index (χ0v) is 63.8. The normalized spacial score (nSPS) is 15.2. The van der Waals surface area contributed by atoms with Crippen LogP contribution in [0.1, 0.15) is 49.7 Å². The first-order valence-corrected chi connectivity index (χ1v) is 39.6. The lowest BCUT2D eigenvalue weighted by atomic mass is 10.2. The van der Waals surface area contributed by atoms with Gasteiger partial charge in [-0.3, -0.25) is 37.6 Å². The minimum atomic E-state index is -4.87. The molecule has 5 amide bonds. The Morgan fingerprint density at radius 2 is 1.12 bits per heavy atom. The van der Waals surface area contributed by atoms with E-state index in [4.69, 9.17) is 10.5 Å². The highest BCUT2D eigenvalue weighted by Crippen LogP contribution is 2.35. The number of thiazole rings is 2. The molecule has 3 fully saturated rings. The van der Waals surface area contributed by atoms with Gasteiger partial charge in [0, 0.05) is 138 Å². The van der Waals surface area contributed by atoms with Crippen molar-refractivity contribution < 1.29 is 82.0 Å². The van der Waals surface area contributed by atoms with E-state index in [0.717, 1.165) is 28.2 Å². The first kappa shape index (κ1) is 82.2. The van der Waals surface area contributed by atoms with Gasteiger partial charge >= 0.3 is 6.18 Å². The predicted octanol–water partition coefficient (Wildman–Crippen LogP) is 11.5. The number of fused-ring (bicyclic) bond motifs is 2. The number of halogens is 5. The van der Waals surface area contributed by atoms with Crippen LogP contribution in [0.25, 0.3) is 21.8 Å². The van der Waals surface area contributed by atoms with E-state index in [1.165, 1.54) is 105 Å². The molecule has 4 atom stereocenters. The summed E-state index contributed by atoms with van der Waals surface area (Å²) in [4.78, 5) is 90.1. The van der Waals surface area contributed by atoms with Gasteiger partial charge in [-0.25, -0.2) is 45.6 Å². The highest BCUT2D eigenvalue weighted by Gasteiger charge is 2.37. The molecule has 0 spiro atoms. The molecule has 3 saturated heterocycles. The molecule has 3 aliphatic rings. The molecular weight excluding hydrogens is 1550 g/mol. The van der Waals surface area contributed by atoms with E-state index in [1.807, 2.05) is 53.8 Å². The number of rotatable bonds is 17. The summed E-state index contributed by atoms with van der Waals surface area (Å²) >= 11 is 0.0548. The zero-order valence-electron chi connectivity index (χ0n) is 59.8. The van der Waals surface area contributed by atoms with Crippen LogP contribution in [0.3, 0.4) is 0 Å². The number of nitrogens with two attached hydrogens (primary N) is 1. The number of benzene rings is 6. The Hall–Kier alpha value is -11.3. The second-order valence-corrected chi connectivity index (χ2v) is 31.1. The summed E-state index contributed by atoms with van der Waals surface area (Å²) in [5, 5.41) is 5.43. The lowest BCUT2D eigenvalue weighted by Crippen LogP contribution is -2.53. The number of aryl methyl sites for hydroxylation is 1. The fraction of sp³-hybridized carbons (Fsp3) is 0.247. The van der Waals surface area contributed by atoms with Crippen molar-refractivity contribution in [1.29, 1.82) is 0 Å². The van der Waals surface area contributed by atoms with Crippen molar-refractivity contribution in [2.75, 3.05) is 95.3 Å². The van der Waals surface area contributed by atoms with E-state index < -0.39 is 72.8 Å². The summed E-state index contributed by atoms with van der Waals surface area (Å²) in [6.07, 6.45) is 3.76. The third-order valence-corrected chi connectivity index (χ3v) is 23.0. The molecule has 5 aromatic heterocycles. The average Bonchev–Trinajstić information content (AvgIpc) is 1.67. The highest BCUT2D eigenvalue weighted by molar-refractivity contribution is 7.93. The van der Waals surface area contributed by atoms with Crippen molar-refractivity contribution in [3.8, 4) is 5.75 Å². The van der Waals surface area contributed by atoms with E-state index in [-0.39, 0.29) is 91.6 Å². The van der Waals surface area contributed by atoms with Crippen LogP contribution in [0, 0.1) is 18.6 Å². The monoisotopic (exact) mass is 1630 g/mol. The number of amides is 5. The standard InChI is InChI=1S/C25H25N5O4S2.C24H22FN5O4S2.C20H20F4N2O4S.C4H5N3.H3N.4H2/c1-17-15-30(22-6-4-3-5-21(17)22)18(2)24(32)28-12-13-29(23(31)16-28)19-7-9-20(10-8-19)36(33,34)27-25-26-11-14-35-25;1-16(29-11-9-19-20(25)3-2-4-21(19)29)23(32)28-12-13-30(22(31)15-28)17-5-7-18(8-6-17)36(33,34)27-24-26-10-14-35-24;1-13(30-15-4-7-18(21)17(12-15)20(22,23)24)19(27)26-10-8-25(9-11-26)14-2-5-16(6-3-14)31(28)29;5-4-1-2-6-3-7-4;;;;;/h3-11,14-15,18H,12-13,16H2,1-2H3,(H,26,27);2-11,14,16H,12-13,15H2,1H3,(H,26,27);2-7,12-13H,8-11H2,1H3,(H,28,29);1-3H,(H2,5,6,7);1H3;4*1H/p-1/t;16-;;;;;;;/m.0......./s1. The number of nitrogens with one attached hydrogen (secondary N) is 2. The number of nitrogen functional groups attached to an aromatic ring is 1. The molecule has 3 unspecified atom stereocenters. The van der Waals surface area contributed by atoms with Crippen LogP contribution >= 0.6 is 22.7 Å². The lowest BCUT2D eigenvalue weighted by molar-refractivity contribution is -0.140. The van der Waals surface area contributed by atoms with Gasteiger partial charge in [0.1, 0.15) is 54.7 Å². The number of para-hydroxylation sites is 1. The number of nitrogens with zero attached hydrogens (tertiary/aromatic N) is 12. The van der Waals surface area contributed by atoms with Crippen LogP contribution in [-0.2, 0) is 61.3 Å². The Morgan fingerprint density at radius 1 is 0.604 bits per heavy atom. The molecule has 0 radical (unpaired) electrons. The third kappa shape index (κ3) is 19.8. The maximum atomic E-state index is 14.1. The number of hydrogen-bond donors (Lipinski definition) is 4. The maximum Gasteiger partial charge on any atom is 0.419 e. The van der Waals surface area contributed by atoms with Crippen molar-refractivity contribution in [1.82, 2.24) is 49.9 Å². The maximum absolute atomic E-state index is 14.1. The smallest absolute Gasteiger partial charge is 0.419 e. The number of ether oxygens (including phenoxy) is 1. The molecule has 0 saturated carbocycles. The second-order valence-electron chi connectivity index (χ2n) is 25.0. The molecule has 592 valence electrons. The Bertz CT molecular complexity index is 5380. The van der Waals surface area contributed by atoms with Crippen LogP contribution in [0.15, 0.2) is 208 Å². The van der Waals surface area contributed by atoms with Crippen molar-refractivity contribution in [2.45, 2.75) is 66.7 Å². The van der Waals surface area contributed by atoms with Crippen molar-refractivity contribution in [3.05, 3.63) is 216 Å². The molecule has 3 aliphatic heterocycles. The highest BCUT2D eigenvalue weighted by atomic mass is 32.2. The minimum absolute atomic E-state index is 0. The van der Waals surface area contributed by atoms with Gasteiger partial charge in [0.2, 0.25) is 23.6 Å². The van der Waals surface area contributed by atoms with Gasteiger partial charge < -0.3 is 59.7 Å². The molecule has 38 heteroatoms. The van der Waals surface area contributed by atoms with Crippen molar-refractivity contribution in [2.24, 2.45) is 0 Å². The van der Waals surface area contributed by atoms with E-state index in [9.17, 15) is 71.5 Å². The number of piperazine rings is 3. The molecule has 14 rings (SSSR count). The quantitative estimate of drug-likeness (QED) is 0.0486. The van der Waals surface area contributed by atoms with Gasteiger partial charge in [-0.05, 0) is 166 Å². The average molecular weight is 1630 g/mol. The zero-order chi connectivity index (χ0) is 78.8. The van der Waals surface area contributed by atoms with Gasteiger partial charge in [0.25, 0.3) is 26.0 Å². The molecule has 8 heterocycles. The van der Waals surface area contributed by atoms with Gasteiger partial charge in [0.15, 0.2) is 16.4 Å². The fourth-order valence-electron chi connectivity index (χ4n) is 12.3. The summed E-state index contributed by atoms with van der Waals surface area (Å²) in [5.74, 6) is -2.74. The Labute approximate surface area is 650 Å². The molecule has 111 heavy (non-hydrogen) atoms. The summed E-state index contributed by atoms with van der Waals surface area (Å²) in [7, 11) is -7.57. The number of hydrogen-bond acceptors (Lipinski definition) is 21. The van der Waals surface area contributed by atoms with Crippen LogP contribution in [0.4, 0.5) is 55.1 Å². The number of aromatic nitrogens is 6. The largest absolute Gasteiger partial charge is 0.768 e. The summed E-state index contributed by atoms with van der Waals surface area (Å²) in [6, 6.07) is 35.6. The number of anilines is 6. The molecule has 0 aliphatic carbocycles. The molecule has 11 aromatic rings. The summed E-state index contributed by atoms with van der Waals surface area (Å²) in [6.45, 7) is 9.87. The minimum Gasteiger partial charge on any atom is -0.768 e. The molecular formula is C73H82F5N16O12S5-. The number of sulfonamides is 2. The second kappa shape index (κ2) is 35.6. The van der Waals surface area contributed by atoms with E-state index in [0.29, 0.717) is 86.0 Å².